The van der Waals surface area contributed by atoms with E-state index in [0.717, 1.165) is 0 Å². The Balaban J connectivity index is 2.77. The molecule has 0 aliphatic heterocycles. The predicted molar refractivity (Wildman–Crippen MR) is 60.9 cm³/mol. The SMILES string of the molecule is COc1ccc(C(=O)N(CCO)CCO)cn1. The first kappa shape index (κ1) is 13.4. The summed E-state index contributed by atoms with van der Waals surface area (Å²) < 4.78 is 4.89. The predicted octanol–water partition coefficient (Wildman–Crippen LogP) is -0.483. The van der Waals surface area contributed by atoms with Crippen molar-refractivity contribution >= 4 is 5.91 Å². The molecule has 1 aromatic heterocycles. The van der Waals surface area contributed by atoms with Crippen molar-refractivity contribution in [3.63, 3.8) is 0 Å². The van der Waals surface area contributed by atoms with E-state index in [1.165, 1.54) is 18.2 Å². The van der Waals surface area contributed by atoms with Crippen molar-refractivity contribution in [2.24, 2.45) is 0 Å². The van der Waals surface area contributed by atoms with Crippen LogP contribution in [0.3, 0.4) is 0 Å². The van der Waals surface area contributed by atoms with Gasteiger partial charge in [0.2, 0.25) is 5.88 Å². The van der Waals surface area contributed by atoms with E-state index in [2.05, 4.69) is 4.98 Å². The molecule has 1 aromatic rings. The number of methoxy groups -OCH3 is 1. The van der Waals surface area contributed by atoms with E-state index >= 15 is 0 Å². The van der Waals surface area contributed by atoms with Crippen molar-refractivity contribution in [2.45, 2.75) is 0 Å². The number of hydrogen-bond donors (Lipinski definition) is 2. The number of ether oxygens (including phenoxy) is 1. The maximum absolute atomic E-state index is 11.9. The zero-order chi connectivity index (χ0) is 12.7. The molecule has 0 aromatic carbocycles. The first-order chi connectivity index (χ1) is 8.22. The molecule has 94 valence electrons. The van der Waals surface area contributed by atoms with Crippen LogP contribution >= 0.6 is 0 Å². The molecule has 0 unspecified atom stereocenters. The van der Waals surface area contributed by atoms with Crippen molar-refractivity contribution < 1.29 is 19.7 Å². The lowest BCUT2D eigenvalue weighted by Gasteiger charge is -2.20. The standard InChI is InChI=1S/C11H16N2O4/c1-17-10-3-2-9(8-12-10)11(16)13(4-6-14)5-7-15/h2-3,8,14-15H,4-7H2,1H3. The van der Waals surface area contributed by atoms with E-state index in [4.69, 9.17) is 14.9 Å². The first-order valence-corrected chi connectivity index (χ1v) is 5.24. The number of nitrogens with zero attached hydrogens (tertiary/aromatic N) is 2. The second-order valence-electron chi connectivity index (χ2n) is 3.33. The largest absolute Gasteiger partial charge is 0.481 e. The number of hydrogen-bond acceptors (Lipinski definition) is 5. The first-order valence-electron chi connectivity index (χ1n) is 5.24. The number of aliphatic hydroxyl groups excluding tert-OH is 2. The monoisotopic (exact) mass is 240 g/mol. The topological polar surface area (TPSA) is 82.9 Å². The lowest BCUT2D eigenvalue weighted by Crippen LogP contribution is -2.35. The number of carbonyl (C=O) groups excluding carboxylic acids is 1. The molecule has 0 radical (unpaired) electrons. The third-order valence-electron chi connectivity index (χ3n) is 2.22. The minimum absolute atomic E-state index is 0.144. The van der Waals surface area contributed by atoms with Gasteiger partial charge in [0.05, 0.1) is 25.9 Å². The smallest absolute Gasteiger partial charge is 0.255 e. The number of rotatable bonds is 6. The molecule has 2 N–H and O–H groups in total. The lowest BCUT2D eigenvalue weighted by molar-refractivity contribution is 0.0684. The highest BCUT2D eigenvalue weighted by atomic mass is 16.5. The maximum atomic E-state index is 11.9. The summed E-state index contributed by atoms with van der Waals surface area (Å²) in [5.74, 6) is 0.153. The Hall–Kier alpha value is -1.66. The van der Waals surface area contributed by atoms with E-state index in [-0.39, 0.29) is 32.2 Å². The van der Waals surface area contributed by atoms with Gasteiger partial charge in [0.1, 0.15) is 0 Å². The minimum Gasteiger partial charge on any atom is -0.481 e. The molecule has 0 bridgehead atoms. The number of pyridine rings is 1. The zero-order valence-corrected chi connectivity index (χ0v) is 9.67. The highest BCUT2D eigenvalue weighted by Gasteiger charge is 2.15. The lowest BCUT2D eigenvalue weighted by atomic mass is 10.2. The van der Waals surface area contributed by atoms with Crippen LogP contribution in [0.5, 0.6) is 5.88 Å². The summed E-state index contributed by atoms with van der Waals surface area (Å²) in [6, 6.07) is 3.18. The third kappa shape index (κ3) is 3.69. The van der Waals surface area contributed by atoms with Gasteiger partial charge in [-0.05, 0) is 6.07 Å². The summed E-state index contributed by atoms with van der Waals surface area (Å²) in [6.07, 6.45) is 1.41. The molecule has 0 atom stereocenters. The van der Waals surface area contributed by atoms with Crippen molar-refractivity contribution in [2.75, 3.05) is 33.4 Å². The van der Waals surface area contributed by atoms with Crippen LogP contribution in [0.2, 0.25) is 0 Å². The molecule has 0 saturated carbocycles. The quantitative estimate of drug-likeness (QED) is 0.701. The van der Waals surface area contributed by atoms with E-state index in [1.54, 1.807) is 12.1 Å². The van der Waals surface area contributed by atoms with Gasteiger partial charge in [0.25, 0.3) is 5.91 Å². The van der Waals surface area contributed by atoms with E-state index in [9.17, 15) is 4.79 Å². The van der Waals surface area contributed by atoms with Gasteiger partial charge < -0.3 is 19.8 Å². The van der Waals surface area contributed by atoms with Crippen molar-refractivity contribution in [3.8, 4) is 5.88 Å². The number of amides is 1. The summed E-state index contributed by atoms with van der Waals surface area (Å²) in [5.41, 5.74) is 0.396. The Morgan fingerprint density at radius 3 is 2.41 bits per heavy atom. The van der Waals surface area contributed by atoms with Crippen molar-refractivity contribution in [1.29, 1.82) is 0 Å². The fourth-order valence-electron chi connectivity index (χ4n) is 1.37. The van der Waals surface area contributed by atoms with Crippen LogP contribution < -0.4 is 4.74 Å². The second kappa shape index (κ2) is 6.82. The van der Waals surface area contributed by atoms with Gasteiger partial charge in [0.15, 0.2) is 0 Å². The normalized spacial score (nSPS) is 10.1. The number of aromatic nitrogens is 1. The van der Waals surface area contributed by atoms with Gasteiger partial charge in [-0.3, -0.25) is 4.79 Å². The van der Waals surface area contributed by atoms with E-state index < -0.39 is 0 Å². The molecule has 0 aliphatic carbocycles. The zero-order valence-electron chi connectivity index (χ0n) is 9.67. The van der Waals surface area contributed by atoms with Crippen LogP contribution in [0.25, 0.3) is 0 Å². The van der Waals surface area contributed by atoms with Crippen molar-refractivity contribution in [3.05, 3.63) is 23.9 Å². The van der Waals surface area contributed by atoms with Crippen LogP contribution in [-0.2, 0) is 0 Å². The van der Waals surface area contributed by atoms with Crippen LogP contribution in [0.15, 0.2) is 18.3 Å². The van der Waals surface area contributed by atoms with Gasteiger partial charge >= 0.3 is 0 Å². The fraction of sp³-hybridized carbons (Fsp3) is 0.455. The highest BCUT2D eigenvalue weighted by Crippen LogP contribution is 2.09. The van der Waals surface area contributed by atoms with Gasteiger partial charge in [-0.1, -0.05) is 0 Å². The Morgan fingerprint density at radius 2 is 2.00 bits per heavy atom. The molecule has 0 aliphatic rings. The Kier molecular flexibility index (Phi) is 5.38. The Morgan fingerprint density at radius 1 is 1.35 bits per heavy atom. The van der Waals surface area contributed by atoms with E-state index in [1.807, 2.05) is 0 Å². The number of aliphatic hydroxyl groups is 2. The Bertz CT molecular complexity index is 347. The summed E-state index contributed by atoms with van der Waals surface area (Å²) in [7, 11) is 1.49. The molecule has 1 rings (SSSR count). The maximum Gasteiger partial charge on any atom is 0.255 e. The second-order valence-corrected chi connectivity index (χ2v) is 3.33. The summed E-state index contributed by atoms with van der Waals surface area (Å²) in [6.45, 7) is 0.0848. The molecule has 0 spiro atoms. The van der Waals surface area contributed by atoms with Gasteiger partial charge in [0, 0.05) is 25.4 Å². The van der Waals surface area contributed by atoms with E-state index in [0.29, 0.717) is 11.4 Å². The van der Waals surface area contributed by atoms with Crippen molar-refractivity contribution in [1.82, 2.24) is 9.88 Å². The summed E-state index contributed by atoms with van der Waals surface area (Å²) >= 11 is 0. The fourth-order valence-corrected chi connectivity index (χ4v) is 1.37. The summed E-state index contributed by atoms with van der Waals surface area (Å²) in [5, 5.41) is 17.7. The molecule has 0 saturated heterocycles. The molecule has 6 heteroatoms. The average molecular weight is 240 g/mol. The van der Waals surface area contributed by atoms with Crippen LogP contribution in [0, 0.1) is 0 Å². The van der Waals surface area contributed by atoms with Crippen LogP contribution in [0.1, 0.15) is 10.4 Å². The minimum atomic E-state index is -0.275. The van der Waals surface area contributed by atoms with Gasteiger partial charge in [-0.15, -0.1) is 0 Å². The number of carbonyl (C=O) groups is 1. The molecule has 1 amide bonds. The average Bonchev–Trinajstić information content (AvgIpc) is 2.38. The molecule has 1 heterocycles. The van der Waals surface area contributed by atoms with Gasteiger partial charge in [-0.2, -0.15) is 0 Å². The molecular formula is C11H16N2O4. The molecular weight excluding hydrogens is 224 g/mol. The van der Waals surface area contributed by atoms with Crippen LogP contribution in [-0.4, -0.2) is 59.4 Å². The molecule has 0 fully saturated rings. The Labute approximate surface area is 99.5 Å². The highest BCUT2D eigenvalue weighted by molar-refractivity contribution is 5.94. The summed E-state index contributed by atoms with van der Waals surface area (Å²) in [4.78, 5) is 17.2. The van der Waals surface area contributed by atoms with Gasteiger partial charge in [-0.25, -0.2) is 4.98 Å². The third-order valence-corrected chi connectivity index (χ3v) is 2.22. The molecule has 17 heavy (non-hydrogen) atoms. The van der Waals surface area contributed by atoms with Crippen LogP contribution in [0.4, 0.5) is 0 Å². The molecule has 6 nitrogen and oxygen atoms in total.